The van der Waals surface area contributed by atoms with Crippen LogP contribution in [0.4, 0.5) is 16.3 Å². The molecule has 186 valence electrons. The van der Waals surface area contributed by atoms with Gasteiger partial charge in [0.2, 0.25) is 5.91 Å². The minimum atomic E-state index is -0.860. The van der Waals surface area contributed by atoms with Gasteiger partial charge in [-0.1, -0.05) is 31.5 Å². The lowest BCUT2D eigenvalue weighted by molar-refractivity contribution is -0.139. The van der Waals surface area contributed by atoms with Crippen molar-refractivity contribution in [3.05, 3.63) is 65.3 Å². The van der Waals surface area contributed by atoms with Crippen molar-refractivity contribution in [1.29, 1.82) is 0 Å². The minimum absolute atomic E-state index is 0.0557. The second kappa shape index (κ2) is 12.3. The van der Waals surface area contributed by atoms with Crippen LogP contribution in [0.15, 0.2) is 59.8 Å². The summed E-state index contributed by atoms with van der Waals surface area (Å²) in [4.78, 5) is 43.1. The van der Waals surface area contributed by atoms with Gasteiger partial charge in [-0.15, -0.1) is 11.8 Å². The zero-order chi connectivity index (χ0) is 25.4. The molecule has 4 N–H and O–H groups in total. The van der Waals surface area contributed by atoms with Gasteiger partial charge in [0.1, 0.15) is 5.82 Å². The molecule has 2 heterocycles. The molecule has 10 heteroatoms. The molecule has 1 aliphatic heterocycles. The number of hydrogen-bond acceptors (Lipinski definition) is 6. The second-order valence-corrected chi connectivity index (χ2v) is 9.59. The van der Waals surface area contributed by atoms with Crippen LogP contribution in [-0.2, 0) is 16.0 Å². The summed E-state index contributed by atoms with van der Waals surface area (Å²) in [6, 6.07) is 11.8. The van der Waals surface area contributed by atoms with E-state index in [9.17, 15) is 19.5 Å². The molecule has 3 amide bonds. The summed E-state index contributed by atoms with van der Waals surface area (Å²) in [6.45, 7) is 3.73. The van der Waals surface area contributed by atoms with Gasteiger partial charge in [-0.05, 0) is 43.2 Å². The van der Waals surface area contributed by atoms with Gasteiger partial charge < -0.3 is 20.6 Å². The van der Waals surface area contributed by atoms with Crippen LogP contribution in [0.5, 0.6) is 0 Å². The van der Waals surface area contributed by atoms with E-state index in [0.29, 0.717) is 11.5 Å². The van der Waals surface area contributed by atoms with E-state index in [1.807, 2.05) is 18.1 Å². The molecule has 3 rings (SSSR count). The zero-order valence-corrected chi connectivity index (χ0v) is 20.8. The fourth-order valence-corrected chi connectivity index (χ4v) is 5.10. The minimum Gasteiger partial charge on any atom is -0.481 e. The Hall–Kier alpha value is -3.53. The zero-order valence-electron chi connectivity index (χ0n) is 20.0. The molecular formula is C25H31N5O4S. The summed E-state index contributed by atoms with van der Waals surface area (Å²) in [7, 11) is 1.91. The van der Waals surface area contributed by atoms with Crippen LogP contribution in [-0.4, -0.2) is 51.4 Å². The summed E-state index contributed by atoms with van der Waals surface area (Å²) in [5, 5.41) is 17.8. The number of thioether (sulfide) groups is 1. The van der Waals surface area contributed by atoms with Gasteiger partial charge in [0.25, 0.3) is 0 Å². The van der Waals surface area contributed by atoms with Gasteiger partial charge in [0.05, 0.1) is 23.8 Å². The van der Waals surface area contributed by atoms with Gasteiger partial charge in [-0.2, -0.15) is 0 Å². The SMILES string of the molecule is CCCC(NC(=O)Cc1ccc(NC(=O)Nc2ccccn2)cc1)C1SC(C(C)C(=O)O)=CN1C. The number of likely N-dealkylation sites (N-methyl/N-ethyl adjacent to an activating group) is 1. The van der Waals surface area contributed by atoms with Crippen molar-refractivity contribution >= 4 is 41.2 Å². The number of carboxylic acids is 1. The maximum Gasteiger partial charge on any atom is 0.324 e. The Morgan fingerprint density at radius 3 is 2.51 bits per heavy atom. The lowest BCUT2D eigenvalue weighted by Gasteiger charge is -2.30. The quantitative estimate of drug-likeness (QED) is 0.389. The number of hydrogen-bond donors (Lipinski definition) is 4. The number of carbonyl (C=O) groups is 3. The topological polar surface area (TPSA) is 124 Å². The summed E-state index contributed by atoms with van der Waals surface area (Å²) >= 11 is 1.50. The summed E-state index contributed by atoms with van der Waals surface area (Å²) in [5.74, 6) is -1.10. The molecule has 0 spiro atoms. The van der Waals surface area contributed by atoms with Gasteiger partial charge in [0.15, 0.2) is 0 Å². The smallest absolute Gasteiger partial charge is 0.324 e. The standard InChI is InChI=1S/C25H31N5O4S/c1-4-7-19(23-30(3)15-20(35-23)16(2)24(32)33)28-22(31)14-17-9-11-18(12-10-17)27-25(34)29-21-8-5-6-13-26-21/h5-6,8-13,15-16,19,23H,4,7,14H2,1-3H3,(H,28,31)(H,32,33)(H2,26,27,29,34). The average molecular weight is 498 g/mol. The highest BCUT2D eigenvalue weighted by Crippen LogP contribution is 2.39. The predicted molar refractivity (Wildman–Crippen MR) is 138 cm³/mol. The number of nitrogens with one attached hydrogen (secondary N) is 3. The maximum absolute atomic E-state index is 12.8. The number of aromatic nitrogens is 1. The number of carbonyl (C=O) groups excluding carboxylic acids is 2. The van der Waals surface area contributed by atoms with Crippen molar-refractivity contribution in [3.63, 3.8) is 0 Å². The van der Waals surface area contributed by atoms with Crippen LogP contribution in [0.25, 0.3) is 0 Å². The Morgan fingerprint density at radius 1 is 1.14 bits per heavy atom. The van der Waals surface area contributed by atoms with E-state index in [0.717, 1.165) is 23.3 Å². The van der Waals surface area contributed by atoms with E-state index in [1.54, 1.807) is 55.6 Å². The number of amides is 3. The first-order valence-corrected chi connectivity index (χ1v) is 12.3. The van der Waals surface area contributed by atoms with Crippen molar-refractivity contribution in [1.82, 2.24) is 15.2 Å². The number of pyridine rings is 1. The summed E-state index contributed by atoms with van der Waals surface area (Å²) in [5.41, 5.74) is 1.42. The van der Waals surface area contributed by atoms with E-state index in [1.165, 1.54) is 11.8 Å². The third-order valence-electron chi connectivity index (χ3n) is 5.56. The van der Waals surface area contributed by atoms with Crippen molar-refractivity contribution < 1.29 is 19.5 Å². The average Bonchev–Trinajstić information content (AvgIpc) is 3.21. The Bertz CT molecular complexity index is 1060. The van der Waals surface area contributed by atoms with Gasteiger partial charge in [-0.25, -0.2) is 9.78 Å². The number of carboxylic acid groups (broad SMARTS) is 1. The van der Waals surface area contributed by atoms with Crippen LogP contribution in [0.3, 0.4) is 0 Å². The van der Waals surface area contributed by atoms with Crippen molar-refractivity contribution in [2.45, 2.75) is 44.5 Å². The third kappa shape index (κ3) is 7.48. The molecule has 0 fully saturated rings. The fourth-order valence-electron chi connectivity index (χ4n) is 3.69. The van der Waals surface area contributed by atoms with Crippen LogP contribution < -0.4 is 16.0 Å². The summed E-state index contributed by atoms with van der Waals surface area (Å²) < 4.78 is 0. The van der Waals surface area contributed by atoms with E-state index in [2.05, 4.69) is 27.9 Å². The van der Waals surface area contributed by atoms with Gasteiger partial charge in [0, 0.05) is 30.0 Å². The lowest BCUT2D eigenvalue weighted by Crippen LogP contribution is -2.46. The number of anilines is 2. The molecule has 0 saturated heterocycles. The molecule has 1 aromatic heterocycles. The van der Waals surface area contributed by atoms with E-state index in [-0.39, 0.29) is 23.7 Å². The molecular weight excluding hydrogens is 466 g/mol. The highest BCUT2D eigenvalue weighted by atomic mass is 32.2. The highest BCUT2D eigenvalue weighted by molar-refractivity contribution is 8.03. The van der Waals surface area contributed by atoms with Crippen molar-refractivity contribution in [2.24, 2.45) is 5.92 Å². The van der Waals surface area contributed by atoms with Crippen LogP contribution in [0, 0.1) is 5.92 Å². The molecule has 2 aromatic rings. The van der Waals surface area contributed by atoms with E-state index in [4.69, 9.17) is 0 Å². The molecule has 9 nitrogen and oxygen atoms in total. The Balaban J connectivity index is 1.53. The molecule has 1 aromatic carbocycles. The number of nitrogens with zero attached hydrogens (tertiary/aromatic N) is 2. The number of benzene rings is 1. The number of aliphatic carboxylic acids is 1. The van der Waals surface area contributed by atoms with Crippen molar-refractivity contribution in [3.8, 4) is 0 Å². The largest absolute Gasteiger partial charge is 0.481 e. The number of rotatable bonds is 10. The normalized spacial score (nSPS) is 16.7. The van der Waals surface area contributed by atoms with Crippen LogP contribution in [0.2, 0.25) is 0 Å². The van der Waals surface area contributed by atoms with Crippen molar-refractivity contribution in [2.75, 3.05) is 17.7 Å². The van der Waals surface area contributed by atoms with E-state index >= 15 is 0 Å². The maximum atomic E-state index is 12.8. The lowest BCUT2D eigenvalue weighted by atomic mass is 10.1. The molecule has 0 aliphatic carbocycles. The highest BCUT2D eigenvalue weighted by Gasteiger charge is 2.34. The molecule has 1 aliphatic rings. The van der Waals surface area contributed by atoms with Gasteiger partial charge in [-0.3, -0.25) is 14.9 Å². The van der Waals surface area contributed by atoms with Crippen LogP contribution >= 0.6 is 11.8 Å². The van der Waals surface area contributed by atoms with Gasteiger partial charge >= 0.3 is 12.0 Å². The first-order valence-electron chi connectivity index (χ1n) is 11.5. The monoisotopic (exact) mass is 497 g/mol. The molecule has 0 radical (unpaired) electrons. The fraction of sp³-hybridized carbons (Fsp3) is 0.360. The van der Waals surface area contributed by atoms with Crippen LogP contribution in [0.1, 0.15) is 32.3 Å². The van der Waals surface area contributed by atoms with E-state index < -0.39 is 17.9 Å². The molecule has 0 saturated carbocycles. The molecule has 0 bridgehead atoms. The second-order valence-electron chi connectivity index (χ2n) is 8.40. The molecule has 3 unspecified atom stereocenters. The number of urea groups is 1. The summed E-state index contributed by atoms with van der Waals surface area (Å²) in [6.07, 6.45) is 5.33. The Kier molecular flexibility index (Phi) is 9.13. The Morgan fingerprint density at radius 2 is 1.89 bits per heavy atom. The third-order valence-corrected chi connectivity index (χ3v) is 7.19. The first kappa shape index (κ1) is 26.1. The first-order chi connectivity index (χ1) is 16.8. The molecule has 3 atom stereocenters. The predicted octanol–water partition coefficient (Wildman–Crippen LogP) is 4.12. The Labute approximate surface area is 209 Å². The molecule has 35 heavy (non-hydrogen) atoms.